The average molecular weight is 466 g/mol. The van der Waals surface area contributed by atoms with E-state index >= 15 is 0 Å². The molecule has 2 N–H and O–H groups in total. The van der Waals surface area contributed by atoms with Crippen LogP contribution < -0.4 is 10.6 Å². The third kappa shape index (κ3) is 4.36. The zero-order chi connectivity index (χ0) is 23.7. The summed E-state index contributed by atoms with van der Waals surface area (Å²) in [7, 11) is 1.52. The first-order valence-corrected chi connectivity index (χ1v) is 10.8. The fourth-order valence-electron chi connectivity index (χ4n) is 3.99. The Kier molecular flexibility index (Phi) is 5.74. The van der Waals surface area contributed by atoms with E-state index in [1.165, 1.54) is 31.0 Å². The van der Waals surface area contributed by atoms with Crippen molar-refractivity contribution in [1.29, 1.82) is 0 Å². The van der Waals surface area contributed by atoms with Crippen LogP contribution >= 0.6 is 0 Å². The largest absolute Gasteiger partial charge is 0.418 e. The highest BCUT2D eigenvalue weighted by Crippen LogP contribution is 2.36. The number of hydrogen-bond donors (Lipinski definition) is 2. The van der Waals surface area contributed by atoms with Gasteiger partial charge in [0.05, 0.1) is 16.6 Å². The highest BCUT2D eigenvalue weighted by atomic mass is 19.4. The van der Waals surface area contributed by atoms with E-state index in [9.17, 15) is 13.2 Å². The maximum atomic E-state index is 13.5. The van der Waals surface area contributed by atoms with Gasteiger partial charge in [-0.15, -0.1) is 0 Å². The van der Waals surface area contributed by atoms with Crippen molar-refractivity contribution >= 4 is 28.2 Å². The number of methoxy groups -OCH3 is 1. The lowest BCUT2D eigenvalue weighted by Gasteiger charge is -2.19. The van der Waals surface area contributed by atoms with Gasteiger partial charge in [-0.2, -0.15) is 13.2 Å². The average Bonchev–Trinajstić information content (AvgIpc) is 2.83. The van der Waals surface area contributed by atoms with Crippen molar-refractivity contribution in [3.63, 3.8) is 0 Å². The number of halogens is 3. The summed E-state index contributed by atoms with van der Waals surface area (Å²) in [6.45, 7) is 1.05. The van der Waals surface area contributed by atoms with Crippen LogP contribution in [0.4, 0.5) is 30.4 Å². The van der Waals surface area contributed by atoms with Crippen LogP contribution in [0.2, 0.25) is 0 Å². The molecule has 10 heteroatoms. The molecule has 7 nitrogen and oxygen atoms in total. The van der Waals surface area contributed by atoms with Crippen molar-refractivity contribution in [2.24, 2.45) is 0 Å². The summed E-state index contributed by atoms with van der Waals surface area (Å²) in [6.07, 6.45) is -1.13. The first kappa shape index (κ1) is 22.0. The van der Waals surface area contributed by atoms with Crippen LogP contribution in [0.25, 0.3) is 22.4 Å². The third-order valence-electron chi connectivity index (χ3n) is 5.55. The van der Waals surface area contributed by atoms with Crippen LogP contribution in [0.5, 0.6) is 0 Å². The predicted octanol–water partition coefficient (Wildman–Crippen LogP) is 5.35. The number of nitrogens with zero attached hydrogens (tertiary/aromatic N) is 4. The van der Waals surface area contributed by atoms with E-state index in [1.807, 2.05) is 12.1 Å². The second kappa shape index (κ2) is 8.86. The molecule has 0 bridgehead atoms. The molecule has 0 spiro atoms. The van der Waals surface area contributed by atoms with E-state index in [0.717, 1.165) is 36.8 Å². The van der Waals surface area contributed by atoms with Gasteiger partial charge in [0.25, 0.3) is 0 Å². The molecule has 34 heavy (non-hydrogen) atoms. The van der Waals surface area contributed by atoms with E-state index in [4.69, 9.17) is 4.74 Å². The molecule has 1 aliphatic rings. The number of pyridine rings is 2. The highest BCUT2D eigenvalue weighted by Gasteiger charge is 2.34. The number of fused-ring (bicyclic) bond motifs is 2. The maximum absolute atomic E-state index is 13.5. The van der Waals surface area contributed by atoms with Gasteiger partial charge >= 0.3 is 6.18 Å². The summed E-state index contributed by atoms with van der Waals surface area (Å²) in [5, 5.41) is 7.27. The Labute approximate surface area is 193 Å². The Morgan fingerprint density at radius 2 is 1.97 bits per heavy atom. The Balaban J connectivity index is 1.59. The Morgan fingerprint density at radius 3 is 2.79 bits per heavy atom. The number of benzene rings is 1. The van der Waals surface area contributed by atoms with Gasteiger partial charge in [-0.3, -0.25) is 4.98 Å². The van der Waals surface area contributed by atoms with Crippen LogP contribution in [0.1, 0.15) is 23.4 Å². The molecule has 0 atom stereocenters. The molecular weight excluding hydrogens is 445 g/mol. The van der Waals surface area contributed by atoms with Crippen molar-refractivity contribution in [3.05, 3.63) is 65.6 Å². The minimum absolute atomic E-state index is 0.0754. The SMILES string of the molecule is COCc1nc(Nc2ccc3c(c2)NCCC3)c2ccc(-c3ncccc3C(F)(F)F)nc2n1. The van der Waals surface area contributed by atoms with Crippen LogP contribution in [0, 0.1) is 0 Å². The van der Waals surface area contributed by atoms with Gasteiger partial charge in [-0.1, -0.05) is 6.07 Å². The summed E-state index contributed by atoms with van der Waals surface area (Å²) in [5.41, 5.74) is 2.37. The number of alkyl halides is 3. The normalized spacial score (nSPS) is 13.4. The molecule has 174 valence electrons. The zero-order valence-electron chi connectivity index (χ0n) is 18.3. The number of rotatable bonds is 5. The molecule has 3 aromatic heterocycles. The number of aromatic nitrogens is 4. The van der Waals surface area contributed by atoms with E-state index in [-0.39, 0.29) is 23.6 Å². The summed E-state index contributed by atoms with van der Waals surface area (Å²) < 4.78 is 45.7. The summed E-state index contributed by atoms with van der Waals surface area (Å²) in [6, 6.07) is 11.5. The van der Waals surface area contributed by atoms with Gasteiger partial charge in [0.15, 0.2) is 11.5 Å². The molecule has 1 aromatic carbocycles. The summed E-state index contributed by atoms with van der Waals surface area (Å²) in [4.78, 5) is 17.3. The molecule has 0 amide bonds. The van der Waals surface area contributed by atoms with E-state index in [1.54, 1.807) is 6.07 Å². The standard InChI is InChI=1S/C24H21F3N6O/c1-34-13-20-32-22(30-15-7-6-14-4-2-10-28-19(14)12-15)16-8-9-18(31-23(16)33-20)21-17(24(25,26)27)5-3-11-29-21/h3,5-9,11-12,28H,2,4,10,13H2,1H3,(H,30,31,32,33). The summed E-state index contributed by atoms with van der Waals surface area (Å²) in [5.74, 6) is 0.847. The van der Waals surface area contributed by atoms with Crippen molar-refractivity contribution in [3.8, 4) is 11.4 Å². The number of nitrogens with one attached hydrogen (secondary N) is 2. The fourth-order valence-corrected chi connectivity index (χ4v) is 3.99. The van der Waals surface area contributed by atoms with Gasteiger partial charge in [-0.25, -0.2) is 15.0 Å². The maximum Gasteiger partial charge on any atom is 0.418 e. The van der Waals surface area contributed by atoms with Crippen molar-refractivity contribution < 1.29 is 17.9 Å². The van der Waals surface area contributed by atoms with Crippen molar-refractivity contribution in [2.45, 2.75) is 25.6 Å². The van der Waals surface area contributed by atoms with Crippen molar-refractivity contribution in [1.82, 2.24) is 19.9 Å². The minimum atomic E-state index is -4.56. The van der Waals surface area contributed by atoms with Gasteiger partial charge in [0, 0.05) is 31.2 Å². The number of aryl methyl sites for hydroxylation is 1. The van der Waals surface area contributed by atoms with Crippen LogP contribution in [0.15, 0.2) is 48.7 Å². The van der Waals surface area contributed by atoms with Crippen LogP contribution in [-0.4, -0.2) is 33.6 Å². The van der Waals surface area contributed by atoms with Gasteiger partial charge in [-0.05, 0) is 54.8 Å². The van der Waals surface area contributed by atoms with Gasteiger partial charge in [0.1, 0.15) is 18.1 Å². The molecule has 0 saturated heterocycles. The lowest BCUT2D eigenvalue weighted by atomic mass is 10.0. The highest BCUT2D eigenvalue weighted by molar-refractivity contribution is 5.90. The van der Waals surface area contributed by atoms with Gasteiger partial charge < -0.3 is 15.4 Å². The smallest absolute Gasteiger partial charge is 0.385 e. The van der Waals surface area contributed by atoms with Crippen LogP contribution in [0.3, 0.4) is 0 Å². The lowest BCUT2D eigenvalue weighted by molar-refractivity contribution is -0.137. The fraction of sp³-hybridized carbons (Fsp3) is 0.250. The molecule has 0 radical (unpaired) electrons. The quantitative estimate of drug-likeness (QED) is 0.410. The van der Waals surface area contributed by atoms with Crippen LogP contribution in [-0.2, 0) is 23.9 Å². The number of anilines is 3. The molecule has 0 fully saturated rings. The Morgan fingerprint density at radius 1 is 1.09 bits per heavy atom. The number of hydrogen-bond acceptors (Lipinski definition) is 7. The lowest BCUT2D eigenvalue weighted by Crippen LogP contribution is -2.12. The first-order valence-electron chi connectivity index (χ1n) is 10.8. The van der Waals surface area contributed by atoms with E-state index < -0.39 is 11.7 Å². The molecule has 4 heterocycles. The molecule has 1 aliphatic heterocycles. The molecular formula is C24H21F3N6O. The predicted molar refractivity (Wildman–Crippen MR) is 123 cm³/mol. The topological polar surface area (TPSA) is 84.9 Å². The summed E-state index contributed by atoms with van der Waals surface area (Å²) >= 11 is 0. The second-order valence-electron chi connectivity index (χ2n) is 7.91. The van der Waals surface area contributed by atoms with E-state index in [2.05, 4.69) is 36.6 Å². The first-order chi connectivity index (χ1) is 16.4. The molecule has 0 saturated carbocycles. The molecule has 0 aliphatic carbocycles. The second-order valence-corrected chi connectivity index (χ2v) is 7.91. The Hall–Kier alpha value is -3.79. The zero-order valence-corrected chi connectivity index (χ0v) is 18.3. The minimum Gasteiger partial charge on any atom is -0.385 e. The number of ether oxygens (including phenoxy) is 1. The molecule has 0 unspecified atom stereocenters. The van der Waals surface area contributed by atoms with Crippen molar-refractivity contribution in [2.75, 3.05) is 24.3 Å². The van der Waals surface area contributed by atoms with E-state index in [0.29, 0.717) is 17.0 Å². The van der Waals surface area contributed by atoms with Gasteiger partial charge in [0.2, 0.25) is 0 Å². The molecule has 5 rings (SSSR count). The molecule has 4 aromatic rings. The monoisotopic (exact) mass is 466 g/mol. The Bertz CT molecular complexity index is 1360. The third-order valence-corrected chi connectivity index (χ3v) is 5.55.